The molecular weight excluding hydrogens is 269 g/mol. The highest BCUT2D eigenvalue weighted by Gasteiger charge is 2.01. The molecule has 0 aliphatic heterocycles. The minimum atomic E-state index is -0.247. The van der Waals surface area contributed by atoms with Crippen LogP contribution < -0.4 is 10.6 Å². The molecule has 0 saturated heterocycles. The van der Waals surface area contributed by atoms with E-state index in [0.29, 0.717) is 19.5 Å². The van der Waals surface area contributed by atoms with Crippen molar-refractivity contribution < 1.29 is 9.18 Å². The van der Waals surface area contributed by atoms with E-state index in [-0.39, 0.29) is 18.3 Å². The van der Waals surface area contributed by atoms with Gasteiger partial charge in [-0.25, -0.2) is 4.39 Å². The third-order valence-corrected chi connectivity index (χ3v) is 3.01. The number of pyridine rings is 1. The summed E-state index contributed by atoms with van der Waals surface area (Å²) in [6.45, 7) is 1.45. The fourth-order valence-electron chi connectivity index (χ4n) is 1.88. The average molecular weight is 287 g/mol. The van der Waals surface area contributed by atoms with E-state index in [2.05, 4.69) is 15.6 Å². The van der Waals surface area contributed by atoms with E-state index < -0.39 is 0 Å². The normalized spacial score (nSPS) is 10.3. The maximum atomic E-state index is 12.7. The molecular formula is C16H18FN3O. The molecule has 21 heavy (non-hydrogen) atoms. The number of carbonyl (C=O) groups is 1. The van der Waals surface area contributed by atoms with Crippen molar-refractivity contribution in [1.29, 1.82) is 0 Å². The third kappa shape index (κ3) is 5.71. The first kappa shape index (κ1) is 15.1. The smallest absolute Gasteiger partial charge is 0.233 e. The van der Waals surface area contributed by atoms with Crippen LogP contribution in [0.2, 0.25) is 0 Å². The van der Waals surface area contributed by atoms with E-state index in [0.717, 1.165) is 11.1 Å². The summed E-state index contributed by atoms with van der Waals surface area (Å²) >= 11 is 0. The molecule has 2 N–H and O–H groups in total. The van der Waals surface area contributed by atoms with Gasteiger partial charge in [-0.2, -0.15) is 0 Å². The standard InChI is InChI=1S/C16H18FN3O/c17-15-3-1-13(2-4-15)7-10-20-16(21)12-19-11-14-5-8-18-9-6-14/h1-6,8-9,19H,7,10-12H2,(H,20,21). The Labute approximate surface area is 123 Å². The van der Waals surface area contributed by atoms with Crippen LogP contribution >= 0.6 is 0 Å². The topological polar surface area (TPSA) is 54.0 Å². The molecule has 1 aromatic heterocycles. The Morgan fingerprint density at radius 3 is 2.48 bits per heavy atom. The largest absolute Gasteiger partial charge is 0.355 e. The Morgan fingerprint density at radius 2 is 1.76 bits per heavy atom. The molecule has 0 fully saturated rings. The minimum absolute atomic E-state index is 0.0498. The zero-order valence-electron chi connectivity index (χ0n) is 11.7. The molecule has 2 rings (SSSR count). The Bertz CT molecular complexity index is 557. The van der Waals surface area contributed by atoms with Crippen molar-refractivity contribution in [3.63, 3.8) is 0 Å². The van der Waals surface area contributed by atoms with E-state index in [1.807, 2.05) is 12.1 Å². The summed E-state index contributed by atoms with van der Waals surface area (Å²) in [4.78, 5) is 15.6. The second kappa shape index (κ2) is 8.11. The highest BCUT2D eigenvalue weighted by molar-refractivity contribution is 5.77. The summed E-state index contributed by atoms with van der Waals surface area (Å²) in [5.74, 6) is -0.297. The van der Waals surface area contributed by atoms with Gasteiger partial charge < -0.3 is 10.6 Å². The van der Waals surface area contributed by atoms with Gasteiger partial charge in [0.2, 0.25) is 5.91 Å². The number of hydrogen-bond acceptors (Lipinski definition) is 3. The van der Waals surface area contributed by atoms with E-state index >= 15 is 0 Å². The van der Waals surface area contributed by atoms with Crippen LogP contribution in [0.3, 0.4) is 0 Å². The third-order valence-electron chi connectivity index (χ3n) is 3.01. The number of amides is 1. The monoisotopic (exact) mass is 287 g/mol. The van der Waals surface area contributed by atoms with E-state index in [9.17, 15) is 9.18 Å². The fourth-order valence-corrected chi connectivity index (χ4v) is 1.88. The van der Waals surface area contributed by atoms with E-state index in [4.69, 9.17) is 0 Å². The summed E-state index contributed by atoms with van der Waals surface area (Å²) in [6, 6.07) is 10.1. The summed E-state index contributed by atoms with van der Waals surface area (Å²) in [7, 11) is 0. The molecule has 1 aromatic carbocycles. The van der Waals surface area contributed by atoms with Crippen LogP contribution in [0.5, 0.6) is 0 Å². The highest BCUT2D eigenvalue weighted by atomic mass is 19.1. The van der Waals surface area contributed by atoms with Crippen LogP contribution in [0.4, 0.5) is 4.39 Å². The number of nitrogens with zero attached hydrogens (tertiary/aromatic N) is 1. The molecule has 1 amide bonds. The van der Waals surface area contributed by atoms with Crippen LogP contribution in [-0.4, -0.2) is 24.0 Å². The van der Waals surface area contributed by atoms with Gasteiger partial charge in [0.1, 0.15) is 5.82 Å². The van der Waals surface area contributed by atoms with Crippen molar-refractivity contribution in [3.8, 4) is 0 Å². The molecule has 5 heteroatoms. The quantitative estimate of drug-likeness (QED) is 0.814. The molecule has 1 heterocycles. The van der Waals surface area contributed by atoms with Crippen molar-refractivity contribution >= 4 is 5.91 Å². The van der Waals surface area contributed by atoms with Crippen LogP contribution in [0.15, 0.2) is 48.8 Å². The number of nitrogens with one attached hydrogen (secondary N) is 2. The van der Waals surface area contributed by atoms with Gasteiger partial charge in [-0.1, -0.05) is 12.1 Å². The van der Waals surface area contributed by atoms with Crippen molar-refractivity contribution in [3.05, 3.63) is 65.7 Å². The van der Waals surface area contributed by atoms with Gasteiger partial charge in [-0.05, 0) is 41.8 Å². The van der Waals surface area contributed by atoms with Gasteiger partial charge >= 0.3 is 0 Å². The number of hydrogen-bond donors (Lipinski definition) is 2. The van der Waals surface area contributed by atoms with E-state index in [1.54, 1.807) is 24.5 Å². The molecule has 0 saturated carbocycles. The van der Waals surface area contributed by atoms with Crippen molar-refractivity contribution in [2.24, 2.45) is 0 Å². The van der Waals surface area contributed by atoms with Crippen molar-refractivity contribution in [2.75, 3.05) is 13.1 Å². The van der Waals surface area contributed by atoms with Crippen LogP contribution in [0.1, 0.15) is 11.1 Å². The molecule has 2 aromatic rings. The zero-order valence-corrected chi connectivity index (χ0v) is 11.7. The lowest BCUT2D eigenvalue weighted by Gasteiger charge is -2.07. The Morgan fingerprint density at radius 1 is 1.05 bits per heavy atom. The zero-order chi connectivity index (χ0) is 14.9. The second-order valence-electron chi connectivity index (χ2n) is 4.69. The van der Waals surface area contributed by atoms with Gasteiger partial charge in [0.25, 0.3) is 0 Å². The Hall–Kier alpha value is -2.27. The van der Waals surface area contributed by atoms with E-state index in [1.165, 1.54) is 12.1 Å². The molecule has 0 aliphatic carbocycles. The molecule has 0 radical (unpaired) electrons. The van der Waals surface area contributed by atoms with Crippen LogP contribution in [0, 0.1) is 5.82 Å². The molecule has 0 spiro atoms. The molecule has 0 unspecified atom stereocenters. The lowest BCUT2D eigenvalue weighted by molar-refractivity contribution is -0.120. The summed E-state index contributed by atoms with van der Waals surface area (Å²) in [5, 5.41) is 5.89. The predicted molar refractivity (Wildman–Crippen MR) is 79.1 cm³/mol. The molecule has 4 nitrogen and oxygen atoms in total. The first-order valence-corrected chi connectivity index (χ1v) is 6.85. The number of benzene rings is 1. The summed E-state index contributed by atoms with van der Waals surface area (Å²) < 4.78 is 12.7. The summed E-state index contributed by atoms with van der Waals surface area (Å²) in [5.41, 5.74) is 2.09. The minimum Gasteiger partial charge on any atom is -0.355 e. The van der Waals surface area contributed by atoms with Crippen LogP contribution in [0.25, 0.3) is 0 Å². The molecule has 0 bridgehead atoms. The average Bonchev–Trinajstić information content (AvgIpc) is 2.50. The van der Waals surface area contributed by atoms with Crippen molar-refractivity contribution in [1.82, 2.24) is 15.6 Å². The van der Waals surface area contributed by atoms with Gasteiger partial charge in [0, 0.05) is 25.5 Å². The number of rotatable bonds is 7. The number of aromatic nitrogens is 1. The van der Waals surface area contributed by atoms with Gasteiger partial charge in [0.15, 0.2) is 0 Å². The molecule has 0 aliphatic rings. The fraction of sp³-hybridized carbons (Fsp3) is 0.250. The molecule has 110 valence electrons. The molecule has 0 atom stereocenters. The van der Waals surface area contributed by atoms with Crippen LogP contribution in [-0.2, 0) is 17.8 Å². The second-order valence-corrected chi connectivity index (χ2v) is 4.69. The van der Waals surface area contributed by atoms with Crippen molar-refractivity contribution in [2.45, 2.75) is 13.0 Å². The van der Waals surface area contributed by atoms with Gasteiger partial charge in [-0.3, -0.25) is 9.78 Å². The maximum absolute atomic E-state index is 12.7. The highest BCUT2D eigenvalue weighted by Crippen LogP contribution is 2.02. The SMILES string of the molecule is O=C(CNCc1ccncc1)NCCc1ccc(F)cc1. The number of halogens is 1. The Balaban J connectivity index is 1.60. The Kier molecular flexibility index (Phi) is 5.84. The first-order valence-electron chi connectivity index (χ1n) is 6.85. The van der Waals surface area contributed by atoms with Gasteiger partial charge in [-0.15, -0.1) is 0 Å². The predicted octanol–water partition coefficient (Wildman–Crippen LogP) is 1.67. The number of carbonyl (C=O) groups excluding carboxylic acids is 1. The lowest BCUT2D eigenvalue weighted by Crippen LogP contribution is -2.34. The lowest BCUT2D eigenvalue weighted by atomic mass is 10.1. The van der Waals surface area contributed by atoms with Gasteiger partial charge in [0.05, 0.1) is 6.54 Å². The summed E-state index contributed by atoms with van der Waals surface area (Å²) in [6.07, 6.45) is 4.13. The first-order chi connectivity index (χ1) is 10.2. The maximum Gasteiger partial charge on any atom is 0.233 e.